The Bertz CT molecular complexity index is 1300. The molecule has 1 heterocycles. The van der Waals surface area contributed by atoms with Crippen LogP contribution in [0.3, 0.4) is 0 Å². The van der Waals surface area contributed by atoms with Crippen LogP contribution >= 0.6 is 0 Å². The molecule has 44 heavy (non-hydrogen) atoms. The van der Waals surface area contributed by atoms with E-state index in [0.29, 0.717) is 37.2 Å². The van der Waals surface area contributed by atoms with Gasteiger partial charge in [0, 0.05) is 19.1 Å². The normalized spacial score (nSPS) is 28.3. The van der Waals surface area contributed by atoms with Gasteiger partial charge < -0.3 is 21.5 Å². The number of aromatic hydroxyl groups is 1. The standard InChI is InChI=1S/C37H54N4O3/c1-25(2)20-32(34(43)39-18-11-6-5-10-17-38)40-35(44)37(28-12-8-7-9-13-28)23-29(37)24-41-19-16-36(4)26(3)33(41)21-27-14-15-30(42)22-31(27)36/h7-9,12-15,22,25-26,29,32-33,42H,5-6,10-11,16-21,23-24,38H2,1-4H3,(H,39,43)(H,40,44)/t26-,29-,32+,33-,36-,37+/m1/s1. The Hall–Kier alpha value is -2.90. The summed E-state index contributed by atoms with van der Waals surface area (Å²) in [6.07, 6.45) is 7.44. The summed E-state index contributed by atoms with van der Waals surface area (Å²) >= 11 is 0. The largest absolute Gasteiger partial charge is 0.508 e. The van der Waals surface area contributed by atoms with Crippen LogP contribution in [0.5, 0.6) is 5.75 Å². The predicted octanol–water partition coefficient (Wildman–Crippen LogP) is 5.04. The predicted molar refractivity (Wildman–Crippen MR) is 176 cm³/mol. The molecule has 7 heteroatoms. The maximum atomic E-state index is 14.3. The number of likely N-dealkylation sites (tertiary alicyclic amines) is 1. The van der Waals surface area contributed by atoms with Crippen LogP contribution in [0.4, 0.5) is 0 Å². The van der Waals surface area contributed by atoms with E-state index in [-0.39, 0.29) is 29.1 Å². The van der Waals surface area contributed by atoms with Crippen molar-refractivity contribution in [2.75, 3.05) is 26.2 Å². The van der Waals surface area contributed by atoms with Crippen LogP contribution < -0.4 is 16.4 Å². The smallest absolute Gasteiger partial charge is 0.242 e. The van der Waals surface area contributed by atoms with E-state index in [4.69, 9.17) is 5.73 Å². The van der Waals surface area contributed by atoms with Crippen LogP contribution in [-0.4, -0.2) is 60.1 Å². The van der Waals surface area contributed by atoms with Crippen LogP contribution in [0.15, 0.2) is 48.5 Å². The highest BCUT2D eigenvalue weighted by Crippen LogP contribution is 2.57. The number of phenolic OH excluding ortho intramolecular Hbond substituents is 1. The van der Waals surface area contributed by atoms with E-state index >= 15 is 0 Å². The summed E-state index contributed by atoms with van der Waals surface area (Å²) in [5, 5.41) is 16.6. The molecule has 5 rings (SSSR count). The number of phenols is 1. The van der Waals surface area contributed by atoms with E-state index < -0.39 is 11.5 Å². The molecule has 1 saturated carbocycles. The Labute approximate surface area is 264 Å². The van der Waals surface area contributed by atoms with Crippen LogP contribution in [-0.2, 0) is 26.8 Å². The number of rotatable bonds is 14. The first-order chi connectivity index (χ1) is 21.1. The summed E-state index contributed by atoms with van der Waals surface area (Å²) in [4.78, 5) is 30.3. The molecule has 0 aromatic heterocycles. The molecule has 2 aromatic carbocycles. The summed E-state index contributed by atoms with van der Waals surface area (Å²) in [6.45, 7) is 12.1. The minimum absolute atomic E-state index is 0.0168. The van der Waals surface area contributed by atoms with Gasteiger partial charge in [0.25, 0.3) is 0 Å². The van der Waals surface area contributed by atoms with Crippen LogP contribution in [0.25, 0.3) is 0 Å². The number of piperidine rings is 1. The van der Waals surface area contributed by atoms with E-state index in [1.54, 1.807) is 0 Å². The fraction of sp³-hybridized carbons (Fsp3) is 0.622. The first-order valence-corrected chi connectivity index (χ1v) is 17.0. The van der Waals surface area contributed by atoms with E-state index in [9.17, 15) is 14.7 Å². The average Bonchev–Trinajstić information content (AvgIpc) is 3.73. The van der Waals surface area contributed by atoms with Gasteiger partial charge in [-0.3, -0.25) is 14.5 Å². The second-order valence-electron chi connectivity index (χ2n) is 14.5. The van der Waals surface area contributed by atoms with Crippen molar-refractivity contribution in [3.8, 4) is 5.75 Å². The Morgan fingerprint density at radius 2 is 1.84 bits per heavy atom. The number of benzene rings is 2. The average molecular weight is 603 g/mol. The Morgan fingerprint density at radius 3 is 2.57 bits per heavy atom. The molecule has 2 aromatic rings. The van der Waals surface area contributed by atoms with Crippen molar-refractivity contribution in [1.82, 2.24) is 15.5 Å². The van der Waals surface area contributed by atoms with Gasteiger partial charge in [0.05, 0.1) is 5.41 Å². The number of hydrogen-bond donors (Lipinski definition) is 4. The highest BCUT2D eigenvalue weighted by Gasteiger charge is 2.62. The van der Waals surface area contributed by atoms with E-state index in [1.807, 2.05) is 30.3 Å². The third-order valence-corrected chi connectivity index (χ3v) is 11.1. The lowest BCUT2D eigenvalue weighted by atomic mass is 9.59. The van der Waals surface area contributed by atoms with Gasteiger partial charge in [0.15, 0.2) is 0 Å². The second kappa shape index (κ2) is 13.6. The van der Waals surface area contributed by atoms with Crippen LogP contribution in [0.1, 0.15) is 89.3 Å². The van der Waals surface area contributed by atoms with Gasteiger partial charge in [-0.2, -0.15) is 0 Å². The minimum Gasteiger partial charge on any atom is -0.508 e. The minimum atomic E-state index is -0.624. The van der Waals surface area contributed by atoms with Crippen molar-refractivity contribution in [3.05, 3.63) is 65.2 Å². The quantitative estimate of drug-likeness (QED) is 0.227. The molecule has 5 N–H and O–H groups in total. The summed E-state index contributed by atoms with van der Waals surface area (Å²) in [5.41, 5.74) is 8.70. The topological polar surface area (TPSA) is 108 Å². The Balaban J connectivity index is 1.30. The third-order valence-electron chi connectivity index (χ3n) is 11.1. The van der Waals surface area contributed by atoms with Gasteiger partial charge in [0.1, 0.15) is 11.8 Å². The molecule has 2 amide bonds. The number of nitrogens with two attached hydrogens (primary N) is 1. The molecule has 3 aliphatic rings. The number of fused-ring (bicyclic) bond motifs is 4. The molecule has 2 bridgehead atoms. The SMILES string of the molecule is CC(C)C[C@H](NC(=O)[C@]1(c2ccccc2)C[C@@H]1CN1CC[C@@]2(C)c3cc(O)ccc3C[C@@H]1[C@H]2C)C(=O)NCCCCCCN. The molecular formula is C37H54N4O3. The van der Waals surface area contributed by atoms with E-state index in [2.05, 4.69) is 61.4 Å². The first kappa shape index (κ1) is 32.5. The maximum Gasteiger partial charge on any atom is 0.242 e. The molecule has 6 atom stereocenters. The Morgan fingerprint density at radius 1 is 1.09 bits per heavy atom. The number of unbranched alkanes of at least 4 members (excludes halogenated alkanes) is 3. The van der Waals surface area contributed by atoms with E-state index in [1.165, 1.54) is 11.1 Å². The van der Waals surface area contributed by atoms with Gasteiger partial charge >= 0.3 is 0 Å². The summed E-state index contributed by atoms with van der Waals surface area (Å²) in [7, 11) is 0. The summed E-state index contributed by atoms with van der Waals surface area (Å²) < 4.78 is 0. The number of nitrogens with one attached hydrogen (secondary N) is 2. The molecule has 2 aliphatic carbocycles. The number of carbonyl (C=O) groups excluding carboxylic acids is 2. The van der Waals surface area contributed by atoms with Crippen molar-refractivity contribution < 1.29 is 14.7 Å². The lowest BCUT2D eigenvalue weighted by Gasteiger charge is -2.55. The molecule has 1 aliphatic heterocycles. The summed E-state index contributed by atoms with van der Waals surface area (Å²) in [5.74, 6) is 1.16. The fourth-order valence-corrected chi connectivity index (χ4v) is 8.20. The molecular weight excluding hydrogens is 548 g/mol. The highest BCUT2D eigenvalue weighted by molar-refractivity contribution is 5.95. The van der Waals surface area contributed by atoms with Crippen LogP contribution in [0, 0.1) is 17.8 Å². The zero-order valence-corrected chi connectivity index (χ0v) is 27.3. The van der Waals surface area contributed by atoms with Crippen LogP contribution in [0.2, 0.25) is 0 Å². The van der Waals surface area contributed by atoms with Crippen molar-refractivity contribution >= 4 is 11.8 Å². The molecule has 0 spiro atoms. The number of nitrogens with zero attached hydrogens (tertiary/aromatic N) is 1. The Kier molecular flexibility index (Phi) is 10.1. The van der Waals surface area contributed by atoms with Crippen molar-refractivity contribution in [2.45, 2.75) is 102 Å². The van der Waals surface area contributed by atoms with Crippen molar-refractivity contribution in [2.24, 2.45) is 23.5 Å². The molecule has 2 fully saturated rings. The summed E-state index contributed by atoms with van der Waals surface area (Å²) in [6, 6.07) is 15.9. The monoisotopic (exact) mass is 602 g/mol. The number of hydrogen-bond acceptors (Lipinski definition) is 5. The molecule has 0 unspecified atom stereocenters. The molecule has 0 radical (unpaired) electrons. The van der Waals surface area contributed by atoms with E-state index in [0.717, 1.165) is 63.6 Å². The lowest BCUT2D eigenvalue weighted by Crippen LogP contribution is -2.58. The third kappa shape index (κ3) is 6.55. The van der Waals surface area contributed by atoms with Crippen molar-refractivity contribution in [3.63, 3.8) is 0 Å². The lowest BCUT2D eigenvalue weighted by molar-refractivity contribution is -0.131. The van der Waals surface area contributed by atoms with Crippen molar-refractivity contribution in [1.29, 1.82) is 0 Å². The zero-order valence-electron chi connectivity index (χ0n) is 27.3. The zero-order chi connectivity index (χ0) is 31.5. The van der Waals surface area contributed by atoms with Gasteiger partial charge in [-0.25, -0.2) is 0 Å². The molecule has 240 valence electrons. The van der Waals surface area contributed by atoms with Gasteiger partial charge in [-0.05, 0) is 104 Å². The second-order valence-corrected chi connectivity index (χ2v) is 14.5. The first-order valence-electron chi connectivity index (χ1n) is 17.0. The number of amides is 2. The van der Waals surface area contributed by atoms with Gasteiger partial charge in [-0.15, -0.1) is 0 Å². The molecule has 7 nitrogen and oxygen atoms in total. The fourth-order valence-electron chi connectivity index (χ4n) is 8.20. The maximum absolute atomic E-state index is 14.3. The number of carbonyl (C=O) groups is 2. The molecule has 1 saturated heterocycles. The van der Waals surface area contributed by atoms with Gasteiger partial charge in [0.2, 0.25) is 11.8 Å². The highest BCUT2D eigenvalue weighted by atomic mass is 16.3. The van der Waals surface area contributed by atoms with Gasteiger partial charge in [-0.1, -0.05) is 76.9 Å².